The number of carbonyl (C=O) groups is 1. The molecule has 8 heteroatoms. The van der Waals surface area contributed by atoms with Crippen LogP contribution in [0.3, 0.4) is 0 Å². The number of carbonyl (C=O) groups excluding carboxylic acids is 1. The molecule has 0 amide bonds. The van der Waals surface area contributed by atoms with Crippen LogP contribution in [0, 0.1) is 18.6 Å². The predicted molar refractivity (Wildman–Crippen MR) is 133 cm³/mol. The van der Waals surface area contributed by atoms with Crippen LogP contribution in [0.5, 0.6) is 5.75 Å². The van der Waals surface area contributed by atoms with Crippen molar-refractivity contribution in [2.45, 2.75) is 27.0 Å². The highest BCUT2D eigenvalue weighted by Gasteiger charge is 2.18. The molecule has 0 atom stereocenters. The molecule has 168 valence electrons. The number of aromatic nitrogens is 3. The van der Waals surface area contributed by atoms with E-state index in [0.29, 0.717) is 32.0 Å². The molecule has 3 aromatic carbocycles. The molecule has 4 rings (SSSR count). The molecular weight excluding hydrogens is 477 g/mol. The normalized spacial score (nSPS) is 10.9. The molecule has 0 aliphatic rings. The SMILES string of the molecule is Cc1ccc(C(=O)Cn2nc(COc3ccc(Cl)cc3Cl)n(-c3ccccc3C)c2=S)cc1. The molecule has 0 N–H and O–H groups in total. The highest BCUT2D eigenvalue weighted by atomic mass is 35.5. The first-order chi connectivity index (χ1) is 15.8. The molecule has 1 aromatic heterocycles. The van der Waals surface area contributed by atoms with E-state index in [4.69, 9.17) is 40.2 Å². The maximum atomic E-state index is 12.9. The van der Waals surface area contributed by atoms with E-state index >= 15 is 0 Å². The summed E-state index contributed by atoms with van der Waals surface area (Å²) in [5.74, 6) is 0.958. The van der Waals surface area contributed by atoms with Crippen molar-refractivity contribution in [2.24, 2.45) is 0 Å². The number of Topliss-reactive ketones (excluding diaryl/α,β-unsaturated/α-hetero) is 1. The van der Waals surface area contributed by atoms with E-state index in [-0.39, 0.29) is 18.9 Å². The summed E-state index contributed by atoms with van der Waals surface area (Å²) < 4.78 is 9.70. The highest BCUT2D eigenvalue weighted by Crippen LogP contribution is 2.28. The number of ketones is 1. The standard InChI is InChI=1S/C25H21Cl2N3O2S/c1-16-7-9-18(10-8-16)22(31)14-29-25(33)30(21-6-4-3-5-17(21)2)24(28-29)15-32-23-12-11-19(26)13-20(23)27/h3-13H,14-15H2,1-2H3. The van der Waals surface area contributed by atoms with Crippen LogP contribution in [0.4, 0.5) is 0 Å². The minimum Gasteiger partial charge on any atom is -0.484 e. The lowest BCUT2D eigenvalue weighted by molar-refractivity contribution is 0.0966. The van der Waals surface area contributed by atoms with Gasteiger partial charge in [0.05, 0.1) is 10.7 Å². The molecule has 0 spiro atoms. The monoisotopic (exact) mass is 497 g/mol. The molecule has 0 aliphatic heterocycles. The fourth-order valence-electron chi connectivity index (χ4n) is 3.41. The second-order valence-corrected chi connectivity index (χ2v) is 8.84. The lowest BCUT2D eigenvalue weighted by Gasteiger charge is -2.11. The third-order valence-corrected chi connectivity index (χ3v) is 6.10. The molecular formula is C25H21Cl2N3O2S. The Morgan fingerprint density at radius 3 is 2.45 bits per heavy atom. The Balaban J connectivity index is 1.70. The van der Waals surface area contributed by atoms with Crippen molar-refractivity contribution >= 4 is 41.2 Å². The number of hydrogen-bond acceptors (Lipinski definition) is 4. The third kappa shape index (κ3) is 5.19. The Bertz CT molecular complexity index is 1380. The lowest BCUT2D eigenvalue weighted by Crippen LogP contribution is -2.12. The van der Waals surface area contributed by atoms with Crippen LogP contribution in [-0.2, 0) is 13.2 Å². The van der Waals surface area contributed by atoms with Crippen LogP contribution in [0.2, 0.25) is 10.0 Å². The van der Waals surface area contributed by atoms with Gasteiger partial charge in [0.2, 0.25) is 4.77 Å². The van der Waals surface area contributed by atoms with Gasteiger partial charge < -0.3 is 4.74 Å². The zero-order chi connectivity index (χ0) is 23.5. The highest BCUT2D eigenvalue weighted by molar-refractivity contribution is 7.71. The van der Waals surface area contributed by atoms with E-state index in [1.54, 1.807) is 18.2 Å². The van der Waals surface area contributed by atoms with E-state index < -0.39 is 0 Å². The van der Waals surface area contributed by atoms with Crippen LogP contribution >= 0.6 is 35.4 Å². The van der Waals surface area contributed by atoms with Gasteiger partial charge in [-0.3, -0.25) is 9.36 Å². The minimum absolute atomic E-state index is 0.0233. The van der Waals surface area contributed by atoms with Crippen LogP contribution in [0.25, 0.3) is 5.69 Å². The molecule has 0 saturated heterocycles. The van der Waals surface area contributed by atoms with Gasteiger partial charge in [-0.2, -0.15) is 5.10 Å². The Morgan fingerprint density at radius 1 is 1.03 bits per heavy atom. The Hall–Kier alpha value is -2.93. The van der Waals surface area contributed by atoms with Gasteiger partial charge in [0, 0.05) is 10.6 Å². The number of nitrogens with zero attached hydrogens (tertiary/aromatic N) is 3. The quantitative estimate of drug-likeness (QED) is 0.208. The topological polar surface area (TPSA) is 49.1 Å². The lowest BCUT2D eigenvalue weighted by atomic mass is 10.1. The fraction of sp³-hybridized carbons (Fsp3) is 0.160. The van der Waals surface area contributed by atoms with Gasteiger partial charge in [-0.05, 0) is 55.9 Å². The van der Waals surface area contributed by atoms with E-state index in [1.165, 1.54) is 4.68 Å². The molecule has 0 fully saturated rings. The third-order valence-electron chi connectivity index (χ3n) is 5.18. The summed E-state index contributed by atoms with van der Waals surface area (Å²) in [6, 6.07) is 20.3. The number of benzene rings is 3. The van der Waals surface area contributed by atoms with Gasteiger partial charge in [0.25, 0.3) is 0 Å². The zero-order valence-corrected chi connectivity index (χ0v) is 20.4. The summed E-state index contributed by atoms with van der Waals surface area (Å²) in [6.45, 7) is 4.10. The van der Waals surface area contributed by atoms with Gasteiger partial charge in [-0.1, -0.05) is 71.2 Å². The number of hydrogen-bond donors (Lipinski definition) is 0. The first-order valence-corrected chi connectivity index (χ1v) is 11.4. The molecule has 0 unspecified atom stereocenters. The summed E-state index contributed by atoms with van der Waals surface area (Å²) in [7, 11) is 0. The molecule has 5 nitrogen and oxygen atoms in total. The van der Waals surface area contributed by atoms with Crippen LogP contribution < -0.4 is 4.74 Å². The number of ether oxygens (including phenoxy) is 1. The summed E-state index contributed by atoms with van der Waals surface area (Å²) in [4.78, 5) is 12.9. The maximum Gasteiger partial charge on any atom is 0.203 e. The Labute approximate surface area is 207 Å². The van der Waals surface area contributed by atoms with Crippen molar-refractivity contribution < 1.29 is 9.53 Å². The smallest absolute Gasteiger partial charge is 0.203 e. The molecule has 0 bridgehead atoms. The minimum atomic E-state index is -0.0752. The number of halogens is 2. The second-order valence-electron chi connectivity index (χ2n) is 7.63. The van der Waals surface area contributed by atoms with Crippen molar-refractivity contribution in [3.8, 4) is 11.4 Å². The summed E-state index contributed by atoms with van der Waals surface area (Å²) in [5, 5.41) is 5.56. The predicted octanol–water partition coefficient (Wildman–Crippen LogP) is 6.79. The Kier molecular flexibility index (Phi) is 6.98. The second kappa shape index (κ2) is 9.91. The van der Waals surface area contributed by atoms with Crippen LogP contribution in [-0.4, -0.2) is 20.1 Å². The molecule has 33 heavy (non-hydrogen) atoms. The molecule has 0 saturated carbocycles. The van der Waals surface area contributed by atoms with E-state index in [2.05, 4.69) is 5.10 Å². The maximum absolute atomic E-state index is 12.9. The van der Waals surface area contributed by atoms with Gasteiger partial charge in [0.1, 0.15) is 18.9 Å². The van der Waals surface area contributed by atoms with Crippen LogP contribution in [0.15, 0.2) is 66.7 Å². The van der Waals surface area contributed by atoms with Gasteiger partial charge in [-0.25, -0.2) is 4.68 Å². The molecule has 0 aliphatic carbocycles. The zero-order valence-electron chi connectivity index (χ0n) is 18.1. The average molecular weight is 498 g/mol. The van der Waals surface area contributed by atoms with E-state index in [0.717, 1.165) is 16.8 Å². The fourth-order valence-corrected chi connectivity index (χ4v) is 4.18. The first-order valence-electron chi connectivity index (χ1n) is 10.3. The first kappa shape index (κ1) is 23.2. The van der Waals surface area contributed by atoms with E-state index in [9.17, 15) is 4.79 Å². The van der Waals surface area contributed by atoms with Gasteiger partial charge in [-0.15, -0.1) is 0 Å². The summed E-state index contributed by atoms with van der Waals surface area (Å²) >= 11 is 18.0. The molecule has 4 aromatic rings. The van der Waals surface area contributed by atoms with Crippen molar-refractivity contribution in [1.82, 2.24) is 14.3 Å². The number of aryl methyl sites for hydroxylation is 2. The number of para-hydroxylation sites is 1. The van der Waals surface area contributed by atoms with Gasteiger partial charge in [0.15, 0.2) is 11.6 Å². The Morgan fingerprint density at radius 2 is 1.76 bits per heavy atom. The van der Waals surface area contributed by atoms with Crippen LogP contribution in [0.1, 0.15) is 27.3 Å². The van der Waals surface area contributed by atoms with Crippen molar-refractivity contribution in [1.29, 1.82) is 0 Å². The van der Waals surface area contributed by atoms with Crippen molar-refractivity contribution in [2.75, 3.05) is 0 Å². The van der Waals surface area contributed by atoms with Gasteiger partial charge >= 0.3 is 0 Å². The van der Waals surface area contributed by atoms with Crippen molar-refractivity contribution in [3.05, 3.63) is 104 Å². The average Bonchev–Trinajstić information content (AvgIpc) is 3.09. The summed E-state index contributed by atoms with van der Waals surface area (Å²) in [5.41, 5.74) is 3.59. The molecule has 0 radical (unpaired) electrons. The largest absolute Gasteiger partial charge is 0.484 e. The van der Waals surface area contributed by atoms with E-state index in [1.807, 2.05) is 66.9 Å². The molecule has 1 heterocycles. The van der Waals surface area contributed by atoms with Crippen molar-refractivity contribution in [3.63, 3.8) is 0 Å². The number of rotatable bonds is 7. The summed E-state index contributed by atoms with van der Waals surface area (Å²) in [6.07, 6.45) is 0.